The van der Waals surface area contributed by atoms with Gasteiger partial charge < -0.3 is 10.6 Å². The van der Waals surface area contributed by atoms with E-state index in [9.17, 15) is 4.79 Å². The summed E-state index contributed by atoms with van der Waals surface area (Å²) in [7, 11) is 0. The zero-order chi connectivity index (χ0) is 14.3. The quantitative estimate of drug-likeness (QED) is 0.880. The first-order valence-corrected chi connectivity index (χ1v) is 8.58. The number of rotatable bonds is 1. The average Bonchev–Trinajstić information content (AvgIpc) is 2.76. The van der Waals surface area contributed by atoms with E-state index in [0.29, 0.717) is 10.6 Å². The Kier molecular flexibility index (Phi) is 3.60. The molecule has 0 atom stereocenters. The standard InChI is InChI=1S/C14H17N3OS2/c1-8-7-9(2)16-13-10(8)11(15)12(20-13)14(18)17-3-5-19-6-4-17/h7H,3-6,15H2,1-2H3. The number of thiophene rings is 1. The largest absolute Gasteiger partial charge is 0.397 e. The van der Waals surface area contributed by atoms with Crippen LogP contribution in [0.5, 0.6) is 0 Å². The number of carbonyl (C=O) groups is 1. The number of aryl methyl sites for hydroxylation is 2. The molecule has 1 aliphatic rings. The lowest BCUT2D eigenvalue weighted by Gasteiger charge is -2.26. The monoisotopic (exact) mass is 307 g/mol. The Hall–Kier alpha value is -1.27. The maximum atomic E-state index is 12.6. The van der Waals surface area contributed by atoms with E-state index in [4.69, 9.17) is 5.73 Å². The summed E-state index contributed by atoms with van der Waals surface area (Å²) in [5.41, 5.74) is 8.87. The predicted molar refractivity (Wildman–Crippen MR) is 86.7 cm³/mol. The lowest BCUT2D eigenvalue weighted by molar-refractivity contribution is 0.0778. The maximum Gasteiger partial charge on any atom is 0.266 e. The van der Waals surface area contributed by atoms with Gasteiger partial charge in [0.25, 0.3) is 5.91 Å². The Morgan fingerprint density at radius 1 is 1.35 bits per heavy atom. The van der Waals surface area contributed by atoms with Gasteiger partial charge in [0.2, 0.25) is 0 Å². The first kappa shape index (κ1) is 13.7. The lowest BCUT2D eigenvalue weighted by atomic mass is 10.1. The third-order valence-corrected chi connectivity index (χ3v) is 5.55. The molecule has 0 bridgehead atoms. The van der Waals surface area contributed by atoms with Crippen LogP contribution in [-0.2, 0) is 0 Å². The maximum absolute atomic E-state index is 12.6. The molecule has 2 aromatic heterocycles. The molecule has 20 heavy (non-hydrogen) atoms. The third kappa shape index (κ3) is 2.27. The summed E-state index contributed by atoms with van der Waals surface area (Å²) in [4.78, 5) is 20.5. The van der Waals surface area contributed by atoms with E-state index < -0.39 is 0 Å². The Bertz CT molecular complexity index is 675. The molecule has 0 saturated carbocycles. The number of thioether (sulfide) groups is 1. The number of amides is 1. The van der Waals surface area contributed by atoms with Crippen LogP contribution in [0.2, 0.25) is 0 Å². The van der Waals surface area contributed by atoms with Gasteiger partial charge in [-0.25, -0.2) is 4.98 Å². The van der Waals surface area contributed by atoms with Crippen LogP contribution in [0.25, 0.3) is 10.2 Å². The van der Waals surface area contributed by atoms with Crippen LogP contribution >= 0.6 is 23.1 Å². The number of fused-ring (bicyclic) bond motifs is 1. The molecule has 6 heteroatoms. The summed E-state index contributed by atoms with van der Waals surface area (Å²) < 4.78 is 0. The van der Waals surface area contributed by atoms with Crippen molar-refractivity contribution in [3.05, 3.63) is 22.2 Å². The number of hydrogen-bond acceptors (Lipinski definition) is 5. The number of nitrogens with zero attached hydrogens (tertiary/aromatic N) is 2. The topological polar surface area (TPSA) is 59.2 Å². The highest BCUT2D eigenvalue weighted by Crippen LogP contribution is 2.35. The van der Waals surface area contributed by atoms with Gasteiger partial charge in [0.05, 0.1) is 5.69 Å². The normalized spacial score (nSPS) is 15.8. The highest BCUT2D eigenvalue weighted by Gasteiger charge is 2.24. The molecule has 0 spiro atoms. The van der Waals surface area contributed by atoms with Crippen LogP contribution in [0.15, 0.2) is 6.07 Å². The second kappa shape index (κ2) is 5.26. The van der Waals surface area contributed by atoms with Gasteiger partial charge in [0.15, 0.2) is 0 Å². The van der Waals surface area contributed by atoms with Crippen molar-refractivity contribution in [2.75, 3.05) is 30.3 Å². The Labute approximate surface area is 126 Å². The van der Waals surface area contributed by atoms with Crippen molar-refractivity contribution < 1.29 is 4.79 Å². The molecule has 0 aromatic carbocycles. The molecule has 2 N–H and O–H groups in total. The number of nitrogens with two attached hydrogens (primary N) is 1. The van der Waals surface area contributed by atoms with E-state index in [1.807, 2.05) is 36.6 Å². The van der Waals surface area contributed by atoms with Crippen LogP contribution in [-0.4, -0.2) is 40.4 Å². The number of hydrogen-bond donors (Lipinski definition) is 1. The smallest absolute Gasteiger partial charge is 0.266 e. The second-order valence-electron chi connectivity index (χ2n) is 5.01. The van der Waals surface area contributed by atoms with Crippen LogP contribution in [0.4, 0.5) is 5.69 Å². The number of aromatic nitrogens is 1. The van der Waals surface area contributed by atoms with Gasteiger partial charge in [-0.3, -0.25) is 4.79 Å². The molecule has 0 unspecified atom stereocenters. The number of anilines is 1. The molecule has 2 aromatic rings. The summed E-state index contributed by atoms with van der Waals surface area (Å²) in [6.07, 6.45) is 0. The second-order valence-corrected chi connectivity index (χ2v) is 7.23. The van der Waals surface area contributed by atoms with Crippen molar-refractivity contribution in [1.29, 1.82) is 0 Å². The number of carbonyl (C=O) groups excluding carboxylic acids is 1. The van der Waals surface area contributed by atoms with E-state index in [-0.39, 0.29) is 5.91 Å². The Balaban J connectivity index is 2.05. The summed E-state index contributed by atoms with van der Waals surface area (Å²) >= 11 is 3.31. The third-order valence-electron chi connectivity index (χ3n) is 3.52. The molecule has 106 valence electrons. The van der Waals surface area contributed by atoms with E-state index in [2.05, 4.69) is 4.98 Å². The van der Waals surface area contributed by atoms with Crippen LogP contribution < -0.4 is 5.73 Å². The zero-order valence-corrected chi connectivity index (χ0v) is 13.2. The van der Waals surface area contributed by atoms with Gasteiger partial charge in [0.1, 0.15) is 9.71 Å². The van der Waals surface area contributed by atoms with Crippen LogP contribution in [0.1, 0.15) is 20.9 Å². The summed E-state index contributed by atoms with van der Waals surface area (Å²) in [5, 5.41) is 0.940. The molecular weight excluding hydrogens is 290 g/mol. The molecular formula is C14H17N3OS2. The fourth-order valence-electron chi connectivity index (χ4n) is 2.54. The van der Waals surface area contributed by atoms with Gasteiger partial charge in [-0.2, -0.15) is 11.8 Å². The lowest BCUT2D eigenvalue weighted by Crippen LogP contribution is -2.37. The molecule has 1 saturated heterocycles. The molecule has 0 radical (unpaired) electrons. The minimum Gasteiger partial charge on any atom is -0.397 e. The van der Waals surface area contributed by atoms with E-state index in [1.165, 1.54) is 11.3 Å². The van der Waals surface area contributed by atoms with Crippen molar-refractivity contribution in [2.24, 2.45) is 0 Å². The minimum absolute atomic E-state index is 0.0582. The van der Waals surface area contributed by atoms with Crippen molar-refractivity contribution in [3.8, 4) is 0 Å². The minimum atomic E-state index is 0.0582. The van der Waals surface area contributed by atoms with Crippen molar-refractivity contribution in [1.82, 2.24) is 9.88 Å². The predicted octanol–water partition coefficient (Wildman–Crippen LogP) is 2.68. The van der Waals surface area contributed by atoms with Crippen LogP contribution in [0.3, 0.4) is 0 Å². The fourth-order valence-corrected chi connectivity index (χ4v) is 4.63. The molecule has 3 rings (SSSR count). The summed E-state index contributed by atoms with van der Waals surface area (Å²) in [6.45, 7) is 5.60. The highest BCUT2D eigenvalue weighted by atomic mass is 32.2. The first-order chi connectivity index (χ1) is 9.58. The molecule has 1 amide bonds. The zero-order valence-electron chi connectivity index (χ0n) is 11.6. The highest BCUT2D eigenvalue weighted by molar-refractivity contribution is 7.99. The van der Waals surface area contributed by atoms with Gasteiger partial charge in [-0.15, -0.1) is 11.3 Å². The first-order valence-electron chi connectivity index (χ1n) is 6.61. The molecule has 3 heterocycles. The van der Waals surface area contributed by atoms with Gasteiger partial charge in [0, 0.05) is 35.7 Å². The molecule has 1 aliphatic heterocycles. The molecule has 1 fully saturated rings. The molecule has 0 aliphatic carbocycles. The van der Waals surface area contributed by atoms with Crippen molar-refractivity contribution >= 4 is 44.9 Å². The Morgan fingerprint density at radius 3 is 2.75 bits per heavy atom. The number of nitrogen functional groups attached to an aromatic ring is 1. The van der Waals surface area contributed by atoms with E-state index >= 15 is 0 Å². The van der Waals surface area contributed by atoms with Crippen molar-refractivity contribution in [3.63, 3.8) is 0 Å². The van der Waals surface area contributed by atoms with Gasteiger partial charge in [-0.05, 0) is 25.5 Å². The van der Waals surface area contributed by atoms with Gasteiger partial charge >= 0.3 is 0 Å². The Morgan fingerprint density at radius 2 is 2.05 bits per heavy atom. The molecule has 4 nitrogen and oxygen atoms in total. The number of pyridine rings is 1. The van der Waals surface area contributed by atoms with E-state index in [0.717, 1.165) is 46.1 Å². The van der Waals surface area contributed by atoms with Crippen molar-refractivity contribution in [2.45, 2.75) is 13.8 Å². The van der Waals surface area contributed by atoms with E-state index in [1.54, 1.807) is 0 Å². The average molecular weight is 307 g/mol. The summed E-state index contributed by atoms with van der Waals surface area (Å²) in [5.74, 6) is 2.07. The fraction of sp³-hybridized carbons (Fsp3) is 0.429. The van der Waals surface area contributed by atoms with Crippen LogP contribution in [0, 0.1) is 13.8 Å². The summed E-state index contributed by atoms with van der Waals surface area (Å²) in [6, 6.07) is 2.01. The SMILES string of the molecule is Cc1cc(C)c2c(N)c(C(=O)N3CCSCC3)sc2n1. The van der Waals surface area contributed by atoms with Gasteiger partial charge in [-0.1, -0.05) is 0 Å².